The SMILES string of the molecule is OCCNc1cccc(Cl)n1. The van der Waals surface area contributed by atoms with Gasteiger partial charge in [-0.25, -0.2) is 4.98 Å². The lowest BCUT2D eigenvalue weighted by Crippen LogP contribution is -2.06. The molecule has 2 N–H and O–H groups in total. The summed E-state index contributed by atoms with van der Waals surface area (Å²) in [5.41, 5.74) is 0. The highest BCUT2D eigenvalue weighted by atomic mass is 35.5. The second-order valence-corrected chi connectivity index (χ2v) is 2.38. The summed E-state index contributed by atoms with van der Waals surface area (Å²) in [4.78, 5) is 3.95. The van der Waals surface area contributed by atoms with Gasteiger partial charge in [-0.05, 0) is 12.1 Å². The molecule has 0 atom stereocenters. The minimum Gasteiger partial charge on any atom is -0.395 e. The number of aliphatic hydroxyl groups excluding tert-OH is 1. The number of rotatable bonds is 3. The van der Waals surface area contributed by atoms with Crippen molar-refractivity contribution in [1.29, 1.82) is 0 Å². The van der Waals surface area contributed by atoms with E-state index in [2.05, 4.69) is 10.3 Å². The normalized spacial score (nSPS) is 9.64. The molecule has 4 heteroatoms. The first kappa shape index (κ1) is 8.30. The lowest BCUT2D eigenvalue weighted by atomic mass is 10.4. The molecule has 0 aromatic carbocycles. The van der Waals surface area contributed by atoms with Crippen LogP contribution in [0.15, 0.2) is 18.2 Å². The van der Waals surface area contributed by atoms with E-state index in [4.69, 9.17) is 16.7 Å². The average molecular weight is 173 g/mol. The van der Waals surface area contributed by atoms with E-state index in [9.17, 15) is 0 Å². The molecule has 1 rings (SSSR count). The number of halogens is 1. The van der Waals surface area contributed by atoms with E-state index in [0.29, 0.717) is 17.5 Å². The summed E-state index contributed by atoms with van der Waals surface area (Å²) in [6, 6.07) is 5.29. The fraction of sp³-hybridized carbons (Fsp3) is 0.286. The minimum atomic E-state index is 0.0915. The van der Waals surface area contributed by atoms with Crippen molar-refractivity contribution < 1.29 is 5.11 Å². The standard InChI is InChI=1S/C7H9ClN2O/c8-6-2-1-3-7(10-6)9-4-5-11/h1-3,11H,4-5H2,(H,9,10). The molecular formula is C7H9ClN2O. The Bertz CT molecular complexity index is 229. The zero-order chi connectivity index (χ0) is 8.10. The number of aliphatic hydroxyl groups is 1. The van der Waals surface area contributed by atoms with Crippen molar-refractivity contribution in [2.45, 2.75) is 0 Å². The molecule has 1 aromatic rings. The first-order valence-electron chi connectivity index (χ1n) is 3.30. The monoisotopic (exact) mass is 172 g/mol. The van der Waals surface area contributed by atoms with Gasteiger partial charge in [0.25, 0.3) is 0 Å². The lowest BCUT2D eigenvalue weighted by Gasteiger charge is -2.01. The third-order valence-electron chi connectivity index (χ3n) is 1.13. The molecule has 0 saturated heterocycles. The number of hydrogen-bond donors (Lipinski definition) is 2. The molecule has 0 bridgehead atoms. The Hall–Kier alpha value is -0.800. The van der Waals surface area contributed by atoms with Gasteiger partial charge in [0, 0.05) is 6.54 Å². The van der Waals surface area contributed by atoms with Crippen LogP contribution in [0.5, 0.6) is 0 Å². The molecule has 0 saturated carbocycles. The molecule has 0 fully saturated rings. The number of aromatic nitrogens is 1. The largest absolute Gasteiger partial charge is 0.395 e. The Morgan fingerprint density at radius 2 is 2.36 bits per heavy atom. The van der Waals surface area contributed by atoms with Gasteiger partial charge in [-0.1, -0.05) is 17.7 Å². The van der Waals surface area contributed by atoms with Crippen molar-refractivity contribution in [2.75, 3.05) is 18.5 Å². The zero-order valence-electron chi connectivity index (χ0n) is 5.92. The summed E-state index contributed by atoms with van der Waals surface area (Å²) in [6.45, 7) is 0.585. The van der Waals surface area contributed by atoms with Gasteiger partial charge >= 0.3 is 0 Å². The maximum atomic E-state index is 8.47. The molecule has 0 amide bonds. The van der Waals surface area contributed by atoms with Crippen LogP contribution in [0, 0.1) is 0 Å². The molecule has 60 valence electrons. The smallest absolute Gasteiger partial charge is 0.131 e. The molecule has 0 aliphatic heterocycles. The first-order chi connectivity index (χ1) is 5.33. The van der Waals surface area contributed by atoms with E-state index >= 15 is 0 Å². The highest BCUT2D eigenvalue weighted by molar-refractivity contribution is 6.29. The highest BCUT2D eigenvalue weighted by Gasteiger charge is 1.91. The van der Waals surface area contributed by atoms with E-state index in [0.717, 1.165) is 0 Å². The fourth-order valence-electron chi connectivity index (χ4n) is 0.691. The molecule has 0 radical (unpaired) electrons. The molecule has 1 heterocycles. The van der Waals surface area contributed by atoms with Crippen LogP contribution in [0.25, 0.3) is 0 Å². The summed E-state index contributed by atoms with van der Waals surface area (Å²) >= 11 is 5.61. The molecule has 1 aromatic heterocycles. The van der Waals surface area contributed by atoms with Crippen molar-refractivity contribution >= 4 is 17.4 Å². The third-order valence-corrected chi connectivity index (χ3v) is 1.34. The third kappa shape index (κ3) is 2.74. The second-order valence-electron chi connectivity index (χ2n) is 2.00. The van der Waals surface area contributed by atoms with Crippen LogP contribution >= 0.6 is 11.6 Å². The van der Waals surface area contributed by atoms with Crippen LogP contribution in [-0.4, -0.2) is 23.2 Å². The lowest BCUT2D eigenvalue weighted by molar-refractivity contribution is 0.311. The van der Waals surface area contributed by atoms with Crippen LogP contribution in [0.2, 0.25) is 5.15 Å². The number of pyridine rings is 1. The summed E-state index contributed by atoms with van der Waals surface area (Å²) < 4.78 is 0. The van der Waals surface area contributed by atoms with Crippen molar-refractivity contribution in [3.8, 4) is 0 Å². The minimum absolute atomic E-state index is 0.0915. The number of nitrogens with one attached hydrogen (secondary N) is 1. The van der Waals surface area contributed by atoms with E-state index in [1.807, 2.05) is 0 Å². The van der Waals surface area contributed by atoms with Gasteiger partial charge in [-0.2, -0.15) is 0 Å². The summed E-state index contributed by atoms with van der Waals surface area (Å²) in [7, 11) is 0. The maximum Gasteiger partial charge on any atom is 0.131 e. The van der Waals surface area contributed by atoms with Gasteiger partial charge in [0.1, 0.15) is 11.0 Å². The molecule has 0 aliphatic carbocycles. The fourth-order valence-corrected chi connectivity index (χ4v) is 0.854. The Morgan fingerprint density at radius 3 is 3.00 bits per heavy atom. The average Bonchev–Trinajstić information content (AvgIpc) is 2.01. The van der Waals surface area contributed by atoms with Crippen LogP contribution in [0.3, 0.4) is 0 Å². The van der Waals surface area contributed by atoms with E-state index in [-0.39, 0.29) is 6.61 Å². The molecule has 3 nitrogen and oxygen atoms in total. The van der Waals surface area contributed by atoms with E-state index < -0.39 is 0 Å². The maximum absolute atomic E-state index is 8.47. The van der Waals surface area contributed by atoms with Gasteiger partial charge < -0.3 is 10.4 Å². The van der Waals surface area contributed by atoms with Gasteiger partial charge in [0.2, 0.25) is 0 Å². The predicted octanol–water partition coefficient (Wildman–Crippen LogP) is 1.14. The molecule has 0 spiro atoms. The van der Waals surface area contributed by atoms with Crippen LogP contribution in [0.1, 0.15) is 0 Å². The molecule has 11 heavy (non-hydrogen) atoms. The Labute approximate surface area is 70.0 Å². The Morgan fingerprint density at radius 1 is 1.55 bits per heavy atom. The zero-order valence-corrected chi connectivity index (χ0v) is 6.67. The number of hydrogen-bond acceptors (Lipinski definition) is 3. The van der Waals surface area contributed by atoms with Gasteiger partial charge in [0.05, 0.1) is 6.61 Å². The summed E-state index contributed by atoms with van der Waals surface area (Å²) in [5, 5.41) is 11.8. The van der Waals surface area contributed by atoms with Crippen molar-refractivity contribution in [1.82, 2.24) is 4.98 Å². The second kappa shape index (κ2) is 4.16. The summed E-state index contributed by atoms with van der Waals surface area (Å²) in [6.07, 6.45) is 0. The first-order valence-corrected chi connectivity index (χ1v) is 3.68. The Balaban J connectivity index is 2.56. The molecular weight excluding hydrogens is 164 g/mol. The van der Waals surface area contributed by atoms with Crippen molar-refractivity contribution in [2.24, 2.45) is 0 Å². The van der Waals surface area contributed by atoms with E-state index in [1.54, 1.807) is 18.2 Å². The Kier molecular flexibility index (Phi) is 3.14. The van der Waals surface area contributed by atoms with Gasteiger partial charge in [0.15, 0.2) is 0 Å². The number of nitrogens with zero attached hydrogens (tertiary/aromatic N) is 1. The predicted molar refractivity (Wildman–Crippen MR) is 44.8 cm³/mol. The molecule has 0 aliphatic rings. The van der Waals surface area contributed by atoms with Crippen molar-refractivity contribution in [3.05, 3.63) is 23.4 Å². The topological polar surface area (TPSA) is 45.1 Å². The van der Waals surface area contributed by atoms with Crippen molar-refractivity contribution in [3.63, 3.8) is 0 Å². The van der Waals surface area contributed by atoms with Crippen LogP contribution < -0.4 is 5.32 Å². The van der Waals surface area contributed by atoms with Gasteiger partial charge in [-0.3, -0.25) is 0 Å². The van der Waals surface area contributed by atoms with Crippen LogP contribution in [0.4, 0.5) is 5.82 Å². The number of anilines is 1. The van der Waals surface area contributed by atoms with Gasteiger partial charge in [-0.15, -0.1) is 0 Å². The quantitative estimate of drug-likeness (QED) is 0.673. The highest BCUT2D eigenvalue weighted by Crippen LogP contribution is 2.08. The van der Waals surface area contributed by atoms with Crippen LogP contribution in [-0.2, 0) is 0 Å². The van der Waals surface area contributed by atoms with E-state index in [1.165, 1.54) is 0 Å². The summed E-state index contributed by atoms with van der Waals surface area (Å²) in [5.74, 6) is 0.687. The molecule has 0 unspecified atom stereocenters.